The number of aryl methyl sites for hydroxylation is 2. The van der Waals surface area contributed by atoms with Crippen LogP contribution in [0.3, 0.4) is 0 Å². The van der Waals surface area contributed by atoms with Gasteiger partial charge in [0.1, 0.15) is 17.3 Å². The van der Waals surface area contributed by atoms with Crippen molar-refractivity contribution in [1.82, 2.24) is 20.5 Å². The summed E-state index contributed by atoms with van der Waals surface area (Å²) in [6.45, 7) is 5.44. The predicted octanol–water partition coefficient (Wildman–Crippen LogP) is 2.13. The summed E-state index contributed by atoms with van der Waals surface area (Å²) in [5, 5.41) is 7.57. The number of methoxy groups -OCH3 is 1. The first kappa shape index (κ1) is 21.7. The highest BCUT2D eigenvalue weighted by Gasteiger charge is 2.07. The van der Waals surface area contributed by atoms with Crippen LogP contribution in [-0.2, 0) is 17.8 Å². The fourth-order valence-corrected chi connectivity index (χ4v) is 3.23. The number of aromatic nitrogens is 1. The molecule has 0 aliphatic heterocycles. The lowest BCUT2D eigenvalue weighted by atomic mass is 10.1. The number of amides is 1. The van der Waals surface area contributed by atoms with Crippen LogP contribution in [0.15, 0.2) is 29.3 Å². The fraction of sp³-hybridized carbons (Fsp3) is 0.450. The van der Waals surface area contributed by atoms with Gasteiger partial charge in [-0.1, -0.05) is 12.1 Å². The van der Waals surface area contributed by atoms with E-state index < -0.39 is 0 Å². The SMILES string of the molecule is COc1ccc(CCNC(=NCC(=O)N(C)C)NCc2nc(C)c(C)s2)cc1. The maximum absolute atomic E-state index is 11.9. The van der Waals surface area contributed by atoms with Crippen molar-refractivity contribution in [3.05, 3.63) is 45.4 Å². The summed E-state index contributed by atoms with van der Waals surface area (Å²) >= 11 is 1.67. The third kappa shape index (κ3) is 6.84. The van der Waals surface area contributed by atoms with Gasteiger partial charge in [0, 0.05) is 25.5 Å². The number of thiazole rings is 1. The second-order valence-electron chi connectivity index (χ2n) is 6.58. The molecule has 2 rings (SSSR count). The number of likely N-dealkylation sites (N-methyl/N-ethyl adjacent to an activating group) is 1. The molecule has 0 spiro atoms. The molecule has 0 radical (unpaired) electrons. The molecule has 2 N–H and O–H groups in total. The second-order valence-corrected chi connectivity index (χ2v) is 7.87. The molecule has 0 aliphatic carbocycles. The number of benzene rings is 1. The van der Waals surface area contributed by atoms with Crippen molar-refractivity contribution in [2.45, 2.75) is 26.8 Å². The molecule has 0 aliphatic rings. The Labute approximate surface area is 170 Å². The minimum Gasteiger partial charge on any atom is -0.497 e. The third-order valence-electron chi connectivity index (χ3n) is 4.22. The van der Waals surface area contributed by atoms with E-state index >= 15 is 0 Å². The van der Waals surface area contributed by atoms with E-state index in [-0.39, 0.29) is 12.5 Å². The van der Waals surface area contributed by atoms with E-state index in [1.165, 1.54) is 15.3 Å². The molecule has 8 heteroatoms. The molecule has 0 fully saturated rings. The molecule has 1 aromatic carbocycles. The first-order valence-corrected chi connectivity index (χ1v) is 9.99. The Kier molecular flexibility index (Phi) is 8.25. The van der Waals surface area contributed by atoms with E-state index in [9.17, 15) is 4.79 Å². The zero-order chi connectivity index (χ0) is 20.5. The van der Waals surface area contributed by atoms with E-state index in [0.29, 0.717) is 19.0 Å². The summed E-state index contributed by atoms with van der Waals surface area (Å²) in [6, 6.07) is 7.99. The van der Waals surface area contributed by atoms with Crippen molar-refractivity contribution in [2.24, 2.45) is 4.99 Å². The normalized spacial score (nSPS) is 11.2. The van der Waals surface area contributed by atoms with Gasteiger partial charge >= 0.3 is 0 Å². The molecule has 1 heterocycles. The second kappa shape index (κ2) is 10.7. The quantitative estimate of drug-likeness (QED) is 0.521. The summed E-state index contributed by atoms with van der Waals surface area (Å²) in [5.74, 6) is 1.41. The van der Waals surface area contributed by atoms with Crippen LogP contribution in [-0.4, -0.2) is 56.0 Å². The highest BCUT2D eigenvalue weighted by molar-refractivity contribution is 7.11. The van der Waals surface area contributed by atoms with Crippen LogP contribution in [0.1, 0.15) is 21.1 Å². The standard InChI is InChI=1S/C20H29N5O2S/c1-14-15(2)28-18(24-14)12-22-20(23-13-19(26)25(3)4)21-11-10-16-6-8-17(27-5)9-7-16/h6-9H,10-13H2,1-5H3,(H2,21,22,23). The van der Waals surface area contributed by atoms with Gasteiger partial charge in [0.05, 0.1) is 19.3 Å². The Hall–Kier alpha value is -2.61. The van der Waals surface area contributed by atoms with Crippen molar-refractivity contribution in [2.75, 3.05) is 34.3 Å². The molecule has 2 aromatic rings. The highest BCUT2D eigenvalue weighted by atomic mass is 32.1. The van der Waals surface area contributed by atoms with Gasteiger partial charge in [-0.15, -0.1) is 11.3 Å². The molecule has 0 saturated heterocycles. The van der Waals surface area contributed by atoms with Gasteiger partial charge < -0.3 is 20.3 Å². The maximum atomic E-state index is 11.9. The molecule has 1 amide bonds. The van der Waals surface area contributed by atoms with Gasteiger partial charge in [-0.3, -0.25) is 4.79 Å². The largest absolute Gasteiger partial charge is 0.497 e. The molecule has 0 bridgehead atoms. The topological polar surface area (TPSA) is 78.8 Å². The van der Waals surface area contributed by atoms with Crippen LogP contribution >= 0.6 is 11.3 Å². The number of nitrogens with one attached hydrogen (secondary N) is 2. The molecular weight excluding hydrogens is 374 g/mol. The molecule has 1 aromatic heterocycles. The third-order valence-corrected chi connectivity index (χ3v) is 5.29. The van der Waals surface area contributed by atoms with Crippen molar-refractivity contribution in [1.29, 1.82) is 0 Å². The van der Waals surface area contributed by atoms with Gasteiger partial charge in [0.2, 0.25) is 5.91 Å². The lowest BCUT2D eigenvalue weighted by Crippen LogP contribution is -2.39. The molecular formula is C20H29N5O2S. The van der Waals surface area contributed by atoms with Crippen LogP contribution in [0.5, 0.6) is 5.75 Å². The number of aliphatic imine (C=N–C) groups is 1. The van der Waals surface area contributed by atoms with Crippen molar-refractivity contribution in [3.63, 3.8) is 0 Å². The Morgan fingerprint density at radius 1 is 1.21 bits per heavy atom. The molecule has 152 valence electrons. The van der Waals surface area contributed by atoms with E-state index in [2.05, 4.69) is 27.5 Å². The monoisotopic (exact) mass is 403 g/mol. The average molecular weight is 404 g/mol. The number of carbonyl (C=O) groups excluding carboxylic acids is 1. The van der Waals surface area contributed by atoms with Gasteiger partial charge in [-0.25, -0.2) is 9.98 Å². The van der Waals surface area contributed by atoms with Gasteiger partial charge in [0.15, 0.2) is 5.96 Å². The van der Waals surface area contributed by atoms with E-state index in [1.54, 1.807) is 32.5 Å². The Morgan fingerprint density at radius 3 is 2.50 bits per heavy atom. The van der Waals surface area contributed by atoms with Gasteiger partial charge in [0.25, 0.3) is 0 Å². The number of ether oxygens (including phenoxy) is 1. The summed E-state index contributed by atoms with van der Waals surface area (Å²) in [5.41, 5.74) is 2.25. The lowest BCUT2D eigenvalue weighted by Gasteiger charge is -2.13. The van der Waals surface area contributed by atoms with Crippen LogP contribution in [0.25, 0.3) is 0 Å². The minimum atomic E-state index is -0.0443. The summed E-state index contributed by atoms with van der Waals surface area (Å²) in [4.78, 5) is 23.6. The van der Waals surface area contributed by atoms with Crippen molar-refractivity contribution < 1.29 is 9.53 Å². The molecule has 0 unspecified atom stereocenters. The Morgan fingerprint density at radius 2 is 1.93 bits per heavy atom. The molecule has 0 atom stereocenters. The highest BCUT2D eigenvalue weighted by Crippen LogP contribution is 2.16. The summed E-state index contributed by atoms with van der Waals surface area (Å²) in [7, 11) is 5.11. The molecule has 7 nitrogen and oxygen atoms in total. The number of hydrogen-bond acceptors (Lipinski definition) is 5. The first-order valence-electron chi connectivity index (χ1n) is 9.17. The fourth-order valence-electron chi connectivity index (χ4n) is 2.35. The minimum absolute atomic E-state index is 0.0443. The van der Waals surface area contributed by atoms with Crippen molar-refractivity contribution in [3.8, 4) is 5.75 Å². The van der Waals surface area contributed by atoms with E-state index in [0.717, 1.165) is 22.9 Å². The predicted molar refractivity (Wildman–Crippen MR) is 114 cm³/mol. The van der Waals surface area contributed by atoms with Crippen LogP contribution in [0.2, 0.25) is 0 Å². The van der Waals surface area contributed by atoms with E-state index in [1.807, 2.05) is 31.2 Å². The number of hydrogen-bond donors (Lipinski definition) is 2. The summed E-state index contributed by atoms with van der Waals surface area (Å²) < 4.78 is 5.18. The van der Waals surface area contributed by atoms with Gasteiger partial charge in [-0.05, 0) is 38.0 Å². The van der Waals surface area contributed by atoms with E-state index in [4.69, 9.17) is 4.74 Å². The van der Waals surface area contributed by atoms with Crippen LogP contribution < -0.4 is 15.4 Å². The Bertz CT molecular complexity index is 780. The maximum Gasteiger partial charge on any atom is 0.243 e. The van der Waals surface area contributed by atoms with Crippen LogP contribution in [0.4, 0.5) is 0 Å². The smallest absolute Gasteiger partial charge is 0.243 e. The average Bonchev–Trinajstić information content (AvgIpc) is 3.01. The molecule has 28 heavy (non-hydrogen) atoms. The van der Waals surface area contributed by atoms with Crippen LogP contribution in [0, 0.1) is 13.8 Å². The zero-order valence-corrected chi connectivity index (χ0v) is 18.0. The Balaban J connectivity index is 1.93. The first-order chi connectivity index (χ1) is 13.4. The number of carbonyl (C=O) groups is 1. The molecule has 0 saturated carbocycles. The van der Waals surface area contributed by atoms with Gasteiger partial charge in [-0.2, -0.15) is 0 Å². The number of guanidine groups is 1. The lowest BCUT2D eigenvalue weighted by molar-refractivity contribution is -0.127. The number of rotatable bonds is 8. The summed E-state index contributed by atoms with van der Waals surface area (Å²) in [6.07, 6.45) is 0.835. The van der Waals surface area contributed by atoms with Crippen molar-refractivity contribution >= 4 is 23.2 Å². The zero-order valence-electron chi connectivity index (χ0n) is 17.2. The number of nitrogens with zero attached hydrogens (tertiary/aromatic N) is 3.